The Labute approximate surface area is 148 Å². The highest BCUT2D eigenvalue weighted by molar-refractivity contribution is 9.10. The topological polar surface area (TPSA) is 64.1 Å². The molecule has 0 atom stereocenters. The second kappa shape index (κ2) is 6.97. The fourth-order valence-corrected chi connectivity index (χ4v) is 2.90. The first kappa shape index (κ1) is 16.4. The van der Waals surface area contributed by atoms with Crippen molar-refractivity contribution < 1.29 is 9.53 Å². The lowest BCUT2D eigenvalue weighted by atomic mass is 10.2. The maximum atomic E-state index is 12.0. The number of fused-ring (bicyclic) bond motifs is 1. The van der Waals surface area contributed by atoms with Crippen molar-refractivity contribution in [3.8, 4) is 0 Å². The summed E-state index contributed by atoms with van der Waals surface area (Å²) in [5, 5.41) is 4.11. The van der Waals surface area contributed by atoms with E-state index in [1.54, 1.807) is 6.92 Å². The van der Waals surface area contributed by atoms with Gasteiger partial charge < -0.3 is 10.1 Å². The first-order valence-corrected chi connectivity index (χ1v) is 8.35. The van der Waals surface area contributed by atoms with Gasteiger partial charge in [0.05, 0.1) is 17.8 Å². The minimum absolute atomic E-state index is 0.0429. The second-order valence-electron chi connectivity index (χ2n) is 5.24. The molecule has 0 fully saturated rings. The van der Waals surface area contributed by atoms with Crippen LogP contribution in [0.15, 0.2) is 46.9 Å². The van der Waals surface area contributed by atoms with E-state index in [2.05, 4.69) is 31.2 Å². The molecule has 5 nitrogen and oxygen atoms in total. The van der Waals surface area contributed by atoms with Crippen molar-refractivity contribution in [1.29, 1.82) is 0 Å². The van der Waals surface area contributed by atoms with E-state index in [-0.39, 0.29) is 12.4 Å². The highest BCUT2D eigenvalue weighted by atomic mass is 79.9. The van der Waals surface area contributed by atoms with E-state index < -0.39 is 5.97 Å². The molecular formula is C18H16BrN3O2. The summed E-state index contributed by atoms with van der Waals surface area (Å²) in [7, 11) is 0. The van der Waals surface area contributed by atoms with Crippen molar-refractivity contribution in [2.75, 3.05) is 11.9 Å². The average molecular weight is 386 g/mol. The van der Waals surface area contributed by atoms with E-state index in [0.29, 0.717) is 11.3 Å². The lowest BCUT2D eigenvalue weighted by Crippen LogP contribution is -2.11. The van der Waals surface area contributed by atoms with Gasteiger partial charge in [-0.2, -0.15) is 0 Å². The molecule has 3 rings (SSSR count). The first-order valence-electron chi connectivity index (χ1n) is 7.55. The molecule has 0 aliphatic heterocycles. The van der Waals surface area contributed by atoms with Crippen molar-refractivity contribution in [1.82, 2.24) is 9.97 Å². The molecule has 24 heavy (non-hydrogen) atoms. The zero-order valence-electron chi connectivity index (χ0n) is 13.3. The predicted octanol–water partition coefficient (Wildman–Crippen LogP) is 4.62. The number of anilines is 2. The van der Waals surface area contributed by atoms with Gasteiger partial charge in [0.1, 0.15) is 5.82 Å². The largest absolute Gasteiger partial charge is 0.460 e. The number of esters is 1. The Kier molecular flexibility index (Phi) is 4.76. The number of halogens is 1. The summed E-state index contributed by atoms with van der Waals surface area (Å²) in [6.07, 6.45) is 0. The second-order valence-corrected chi connectivity index (χ2v) is 6.10. The number of carbonyl (C=O) groups excluding carboxylic acids is 1. The van der Waals surface area contributed by atoms with Crippen molar-refractivity contribution in [2.45, 2.75) is 13.8 Å². The molecule has 0 radical (unpaired) electrons. The molecule has 0 saturated carbocycles. The van der Waals surface area contributed by atoms with Gasteiger partial charge in [-0.05, 0) is 59.6 Å². The van der Waals surface area contributed by atoms with Crippen LogP contribution in [-0.4, -0.2) is 22.5 Å². The van der Waals surface area contributed by atoms with Crippen molar-refractivity contribution >= 4 is 44.3 Å². The van der Waals surface area contributed by atoms with Crippen LogP contribution in [0, 0.1) is 6.92 Å². The molecule has 1 aromatic heterocycles. The van der Waals surface area contributed by atoms with E-state index in [1.807, 2.05) is 49.4 Å². The molecule has 0 unspecified atom stereocenters. The number of aryl methyl sites for hydroxylation is 1. The standard InChI is InChI=1S/C18H16BrN3O2/c1-3-24-18(23)17-20-14-7-5-4-6-12(14)16(22-17)21-15-9-8-11(2)10-13(15)19/h4-10H,3H2,1-2H3,(H,20,21,22). The number of rotatable bonds is 4. The molecule has 1 heterocycles. The monoisotopic (exact) mass is 385 g/mol. The first-order chi connectivity index (χ1) is 11.6. The van der Waals surface area contributed by atoms with Crippen LogP contribution >= 0.6 is 15.9 Å². The van der Waals surface area contributed by atoms with E-state index in [4.69, 9.17) is 4.74 Å². The SMILES string of the molecule is CCOC(=O)c1nc(Nc2ccc(C)cc2Br)c2ccccc2n1. The van der Waals surface area contributed by atoms with Gasteiger partial charge in [-0.25, -0.2) is 14.8 Å². The highest BCUT2D eigenvalue weighted by Gasteiger charge is 2.15. The number of para-hydroxylation sites is 1. The van der Waals surface area contributed by atoms with Gasteiger partial charge in [0.15, 0.2) is 0 Å². The van der Waals surface area contributed by atoms with Crippen LogP contribution in [0.2, 0.25) is 0 Å². The van der Waals surface area contributed by atoms with Crippen molar-refractivity contribution in [2.24, 2.45) is 0 Å². The molecule has 0 spiro atoms. The van der Waals surface area contributed by atoms with Gasteiger partial charge in [0, 0.05) is 9.86 Å². The van der Waals surface area contributed by atoms with Crippen LogP contribution < -0.4 is 5.32 Å². The van der Waals surface area contributed by atoms with Gasteiger partial charge in [-0.3, -0.25) is 0 Å². The fourth-order valence-electron chi connectivity index (χ4n) is 2.31. The number of benzene rings is 2. The predicted molar refractivity (Wildman–Crippen MR) is 97.7 cm³/mol. The van der Waals surface area contributed by atoms with Gasteiger partial charge in [-0.1, -0.05) is 18.2 Å². The van der Waals surface area contributed by atoms with E-state index >= 15 is 0 Å². The van der Waals surface area contributed by atoms with Crippen LogP contribution in [0.1, 0.15) is 23.1 Å². The number of hydrogen-bond acceptors (Lipinski definition) is 5. The van der Waals surface area contributed by atoms with Crippen molar-refractivity contribution in [3.63, 3.8) is 0 Å². The Morgan fingerprint density at radius 1 is 1.21 bits per heavy atom. The zero-order valence-corrected chi connectivity index (χ0v) is 14.9. The molecule has 122 valence electrons. The lowest BCUT2D eigenvalue weighted by molar-refractivity contribution is 0.0512. The molecule has 0 aliphatic carbocycles. The number of carbonyl (C=O) groups is 1. The Balaban J connectivity index is 2.09. The normalized spacial score (nSPS) is 10.6. The molecule has 2 aromatic carbocycles. The third-order valence-corrected chi connectivity index (χ3v) is 4.09. The Bertz CT molecular complexity index is 912. The minimum atomic E-state index is -0.533. The summed E-state index contributed by atoms with van der Waals surface area (Å²) >= 11 is 3.54. The van der Waals surface area contributed by atoms with Crippen LogP contribution in [0.3, 0.4) is 0 Å². The summed E-state index contributed by atoms with van der Waals surface area (Å²) in [5.41, 5.74) is 2.69. The van der Waals surface area contributed by atoms with Crippen LogP contribution in [0.4, 0.5) is 11.5 Å². The molecule has 0 aliphatic rings. The molecule has 3 aromatic rings. The smallest absolute Gasteiger partial charge is 0.376 e. The summed E-state index contributed by atoms with van der Waals surface area (Å²) in [5.74, 6) is 0.0729. The van der Waals surface area contributed by atoms with Crippen LogP contribution in [0.25, 0.3) is 10.9 Å². The highest BCUT2D eigenvalue weighted by Crippen LogP contribution is 2.29. The number of nitrogens with zero attached hydrogens (tertiary/aromatic N) is 2. The third-order valence-electron chi connectivity index (χ3n) is 3.44. The molecule has 1 N–H and O–H groups in total. The van der Waals surface area contributed by atoms with E-state index in [9.17, 15) is 4.79 Å². The summed E-state index contributed by atoms with van der Waals surface area (Å²) in [4.78, 5) is 20.7. The molecule has 0 saturated heterocycles. The minimum Gasteiger partial charge on any atom is -0.460 e. The van der Waals surface area contributed by atoms with Crippen LogP contribution in [-0.2, 0) is 4.74 Å². The van der Waals surface area contributed by atoms with E-state index in [1.165, 1.54) is 0 Å². The molecule has 0 bridgehead atoms. The van der Waals surface area contributed by atoms with Gasteiger partial charge in [0.25, 0.3) is 0 Å². The molecular weight excluding hydrogens is 370 g/mol. The Morgan fingerprint density at radius 2 is 2.00 bits per heavy atom. The average Bonchev–Trinajstić information content (AvgIpc) is 2.57. The van der Waals surface area contributed by atoms with Gasteiger partial charge >= 0.3 is 5.97 Å². The Morgan fingerprint density at radius 3 is 2.75 bits per heavy atom. The summed E-state index contributed by atoms with van der Waals surface area (Å²) < 4.78 is 5.94. The maximum absolute atomic E-state index is 12.0. The van der Waals surface area contributed by atoms with Gasteiger partial charge in [0.2, 0.25) is 5.82 Å². The molecule has 0 amide bonds. The lowest BCUT2D eigenvalue weighted by Gasteiger charge is -2.12. The Hall–Kier alpha value is -2.47. The summed E-state index contributed by atoms with van der Waals surface area (Å²) in [6, 6.07) is 13.5. The van der Waals surface area contributed by atoms with Crippen molar-refractivity contribution in [3.05, 3.63) is 58.3 Å². The number of aromatic nitrogens is 2. The fraction of sp³-hybridized carbons (Fsp3) is 0.167. The quantitative estimate of drug-likeness (QED) is 0.663. The number of nitrogens with one attached hydrogen (secondary N) is 1. The summed E-state index contributed by atoms with van der Waals surface area (Å²) in [6.45, 7) is 4.05. The van der Waals surface area contributed by atoms with E-state index in [0.717, 1.165) is 21.1 Å². The number of ether oxygens (including phenoxy) is 1. The third kappa shape index (κ3) is 3.38. The number of hydrogen-bond donors (Lipinski definition) is 1. The van der Waals surface area contributed by atoms with Gasteiger partial charge in [-0.15, -0.1) is 0 Å². The maximum Gasteiger partial charge on any atom is 0.376 e. The zero-order chi connectivity index (χ0) is 17.1. The molecule has 6 heteroatoms. The van der Waals surface area contributed by atoms with Crippen LogP contribution in [0.5, 0.6) is 0 Å².